The van der Waals surface area contributed by atoms with Crippen LogP contribution in [0.4, 0.5) is 0 Å². The molecule has 0 radical (unpaired) electrons. The summed E-state index contributed by atoms with van der Waals surface area (Å²) >= 11 is 0. The molecule has 0 fully saturated rings. The van der Waals surface area contributed by atoms with Gasteiger partial charge in [0.25, 0.3) is 0 Å². The molecular weight excluding hydrogens is 206 g/mol. The SMILES string of the molecule is CCNC(CC(=O)OCC)CC(C)(C)OC. The summed E-state index contributed by atoms with van der Waals surface area (Å²) in [6.45, 7) is 9.15. The van der Waals surface area contributed by atoms with E-state index in [1.807, 2.05) is 27.7 Å². The van der Waals surface area contributed by atoms with Crippen LogP contribution in [0.2, 0.25) is 0 Å². The monoisotopic (exact) mass is 231 g/mol. The van der Waals surface area contributed by atoms with Crippen molar-refractivity contribution in [2.24, 2.45) is 0 Å². The summed E-state index contributed by atoms with van der Waals surface area (Å²) in [4.78, 5) is 11.4. The van der Waals surface area contributed by atoms with Crippen LogP contribution in [0, 0.1) is 0 Å². The first-order chi connectivity index (χ1) is 7.45. The largest absolute Gasteiger partial charge is 0.466 e. The van der Waals surface area contributed by atoms with Gasteiger partial charge in [-0.15, -0.1) is 0 Å². The Kier molecular flexibility index (Phi) is 7.34. The van der Waals surface area contributed by atoms with Gasteiger partial charge in [-0.25, -0.2) is 0 Å². The van der Waals surface area contributed by atoms with Crippen LogP contribution in [0.15, 0.2) is 0 Å². The van der Waals surface area contributed by atoms with Crippen molar-refractivity contribution in [2.45, 2.75) is 52.2 Å². The third-order valence-electron chi connectivity index (χ3n) is 2.50. The van der Waals surface area contributed by atoms with E-state index in [1.54, 1.807) is 7.11 Å². The fraction of sp³-hybridized carbons (Fsp3) is 0.917. The fourth-order valence-electron chi connectivity index (χ4n) is 1.60. The van der Waals surface area contributed by atoms with Crippen LogP contribution in [0.5, 0.6) is 0 Å². The number of ether oxygens (including phenoxy) is 2. The third kappa shape index (κ3) is 6.80. The molecule has 0 rings (SSSR count). The maximum Gasteiger partial charge on any atom is 0.307 e. The average Bonchev–Trinajstić information content (AvgIpc) is 2.17. The molecule has 0 aromatic rings. The summed E-state index contributed by atoms with van der Waals surface area (Å²) in [5.41, 5.74) is -0.223. The molecule has 0 spiro atoms. The zero-order chi connectivity index (χ0) is 12.6. The lowest BCUT2D eigenvalue weighted by molar-refractivity contribution is -0.144. The fourth-order valence-corrected chi connectivity index (χ4v) is 1.60. The topological polar surface area (TPSA) is 47.6 Å². The van der Waals surface area contributed by atoms with Crippen LogP contribution in [0.25, 0.3) is 0 Å². The molecule has 0 aliphatic heterocycles. The highest BCUT2D eigenvalue weighted by Crippen LogP contribution is 2.17. The van der Waals surface area contributed by atoms with E-state index in [-0.39, 0.29) is 17.6 Å². The van der Waals surface area contributed by atoms with E-state index >= 15 is 0 Å². The molecule has 0 aromatic carbocycles. The third-order valence-corrected chi connectivity index (χ3v) is 2.50. The van der Waals surface area contributed by atoms with Gasteiger partial charge < -0.3 is 14.8 Å². The first kappa shape index (κ1) is 15.4. The van der Waals surface area contributed by atoms with Gasteiger partial charge in [0.2, 0.25) is 0 Å². The number of carbonyl (C=O) groups excluding carboxylic acids is 1. The molecule has 0 aliphatic carbocycles. The van der Waals surface area contributed by atoms with Crippen LogP contribution in [-0.4, -0.2) is 37.9 Å². The van der Waals surface area contributed by atoms with E-state index in [2.05, 4.69) is 5.32 Å². The van der Waals surface area contributed by atoms with Crippen molar-refractivity contribution < 1.29 is 14.3 Å². The van der Waals surface area contributed by atoms with Crippen molar-refractivity contribution in [1.82, 2.24) is 5.32 Å². The zero-order valence-electron chi connectivity index (χ0n) is 11.1. The van der Waals surface area contributed by atoms with Crippen molar-refractivity contribution in [3.05, 3.63) is 0 Å². The number of carbonyl (C=O) groups is 1. The number of methoxy groups -OCH3 is 1. The van der Waals surface area contributed by atoms with Crippen LogP contribution < -0.4 is 5.32 Å². The summed E-state index contributed by atoms with van der Waals surface area (Å²) in [6.07, 6.45) is 1.19. The molecule has 16 heavy (non-hydrogen) atoms. The Labute approximate surface area is 98.7 Å². The normalized spacial score (nSPS) is 13.6. The van der Waals surface area contributed by atoms with E-state index in [0.717, 1.165) is 13.0 Å². The summed E-state index contributed by atoms with van der Waals surface area (Å²) < 4.78 is 10.3. The summed E-state index contributed by atoms with van der Waals surface area (Å²) in [5.74, 6) is -0.152. The van der Waals surface area contributed by atoms with Crippen molar-refractivity contribution in [2.75, 3.05) is 20.3 Å². The zero-order valence-corrected chi connectivity index (χ0v) is 11.1. The van der Waals surface area contributed by atoms with Gasteiger partial charge in [0, 0.05) is 13.2 Å². The maximum atomic E-state index is 11.4. The summed E-state index contributed by atoms with van der Waals surface area (Å²) in [7, 11) is 1.69. The van der Waals surface area contributed by atoms with E-state index < -0.39 is 0 Å². The smallest absolute Gasteiger partial charge is 0.307 e. The van der Waals surface area contributed by atoms with E-state index in [1.165, 1.54) is 0 Å². The van der Waals surface area contributed by atoms with Gasteiger partial charge in [-0.1, -0.05) is 6.92 Å². The Bertz CT molecular complexity index is 204. The van der Waals surface area contributed by atoms with Crippen LogP contribution in [0.3, 0.4) is 0 Å². The Morgan fingerprint density at radius 2 is 2.00 bits per heavy atom. The number of nitrogens with one attached hydrogen (secondary N) is 1. The predicted octanol–water partition coefficient (Wildman–Crippen LogP) is 1.73. The minimum Gasteiger partial charge on any atom is -0.466 e. The Hall–Kier alpha value is -0.610. The Morgan fingerprint density at radius 1 is 1.38 bits per heavy atom. The second kappa shape index (κ2) is 7.63. The number of esters is 1. The molecule has 4 heteroatoms. The number of hydrogen-bond acceptors (Lipinski definition) is 4. The van der Waals surface area contributed by atoms with E-state index in [0.29, 0.717) is 13.0 Å². The lowest BCUT2D eigenvalue weighted by Crippen LogP contribution is -2.39. The Balaban J connectivity index is 4.21. The summed E-state index contributed by atoms with van der Waals surface area (Å²) in [6, 6.07) is 0.110. The molecule has 1 unspecified atom stereocenters. The van der Waals surface area contributed by atoms with Crippen molar-refractivity contribution >= 4 is 5.97 Å². The van der Waals surface area contributed by atoms with Gasteiger partial charge in [-0.3, -0.25) is 4.79 Å². The van der Waals surface area contributed by atoms with Crippen LogP contribution >= 0.6 is 0 Å². The Morgan fingerprint density at radius 3 is 2.44 bits per heavy atom. The van der Waals surface area contributed by atoms with Gasteiger partial charge in [-0.2, -0.15) is 0 Å². The molecule has 1 N–H and O–H groups in total. The minimum absolute atomic E-state index is 0.110. The van der Waals surface area contributed by atoms with Crippen molar-refractivity contribution in [1.29, 1.82) is 0 Å². The molecule has 0 saturated carbocycles. The van der Waals surface area contributed by atoms with Crippen molar-refractivity contribution in [3.8, 4) is 0 Å². The van der Waals surface area contributed by atoms with E-state index in [4.69, 9.17) is 9.47 Å². The first-order valence-electron chi connectivity index (χ1n) is 5.89. The molecule has 0 aromatic heterocycles. The van der Waals surface area contributed by atoms with Gasteiger partial charge in [0.05, 0.1) is 18.6 Å². The van der Waals surface area contributed by atoms with Gasteiger partial charge in [0.15, 0.2) is 0 Å². The second-order valence-corrected chi connectivity index (χ2v) is 4.43. The second-order valence-electron chi connectivity index (χ2n) is 4.43. The molecule has 4 nitrogen and oxygen atoms in total. The van der Waals surface area contributed by atoms with Gasteiger partial charge in [-0.05, 0) is 33.7 Å². The van der Waals surface area contributed by atoms with Gasteiger partial charge >= 0.3 is 5.97 Å². The standard InChI is InChI=1S/C12H25NO3/c1-6-13-10(8-11(14)16-7-2)9-12(3,4)15-5/h10,13H,6-9H2,1-5H3. The minimum atomic E-state index is -0.223. The molecule has 0 heterocycles. The highest BCUT2D eigenvalue weighted by atomic mass is 16.5. The average molecular weight is 231 g/mol. The molecule has 0 bridgehead atoms. The van der Waals surface area contributed by atoms with E-state index in [9.17, 15) is 4.79 Å². The highest BCUT2D eigenvalue weighted by Gasteiger charge is 2.24. The van der Waals surface area contributed by atoms with Gasteiger partial charge in [0.1, 0.15) is 0 Å². The highest BCUT2D eigenvalue weighted by molar-refractivity contribution is 5.70. The number of rotatable bonds is 8. The lowest BCUT2D eigenvalue weighted by Gasteiger charge is -2.28. The number of hydrogen-bond donors (Lipinski definition) is 1. The quantitative estimate of drug-likeness (QED) is 0.646. The van der Waals surface area contributed by atoms with Crippen LogP contribution in [0.1, 0.15) is 40.5 Å². The molecule has 0 saturated heterocycles. The summed E-state index contributed by atoms with van der Waals surface area (Å²) in [5, 5.41) is 3.28. The predicted molar refractivity (Wildman–Crippen MR) is 64.4 cm³/mol. The molecule has 1 atom stereocenters. The maximum absolute atomic E-state index is 11.4. The van der Waals surface area contributed by atoms with Crippen LogP contribution in [-0.2, 0) is 14.3 Å². The first-order valence-corrected chi connectivity index (χ1v) is 5.89. The molecule has 0 aliphatic rings. The molecular formula is C12H25NO3. The lowest BCUT2D eigenvalue weighted by atomic mass is 9.96. The molecule has 96 valence electrons. The molecule has 0 amide bonds. The van der Waals surface area contributed by atoms with Crippen molar-refractivity contribution in [3.63, 3.8) is 0 Å².